The van der Waals surface area contributed by atoms with Gasteiger partial charge in [0.05, 0.1) is 12.7 Å². The maximum Gasteiger partial charge on any atom is 0.126 e. The van der Waals surface area contributed by atoms with Crippen molar-refractivity contribution >= 4 is 0 Å². The van der Waals surface area contributed by atoms with Crippen LogP contribution in [0.4, 0.5) is 4.39 Å². The number of rotatable bonds is 7. The zero-order chi connectivity index (χ0) is 12.7. The van der Waals surface area contributed by atoms with E-state index in [4.69, 9.17) is 9.47 Å². The van der Waals surface area contributed by atoms with Crippen LogP contribution >= 0.6 is 0 Å². The quantitative estimate of drug-likeness (QED) is 0.790. The Balaban J connectivity index is 2.37. The first kappa shape index (κ1) is 14.1. The molecule has 0 radical (unpaired) electrons. The van der Waals surface area contributed by atoms with Gasteiger partial charge in [-0.05, 0) is 24.1 Å². The first-order chi connectivity index (χ1) is 8.17. The van der Waals surface area contributed by atoms with Gasteiger partial charge in [-0.25, -0.2) is 4.39 Å². The third kappa shape index (κ3) is 4.81. The Kier molecular flexibility index (Phi) is 6.11. The second-order valence-corrected chi connectivity index (χ2v) is 4.03. The Morgan fingerprint density at radius 2 is 2.12 bits per heavy atom. The maximum atomic E-state index is 13.3. The fraction of sp³-hybridized carbons (Fsp3) is 0.538. The zero-order valence-corrected chi connectivity index (χ0v) is 10.6. The first-order valence-electron chi connectivity index (χ1n) is 5.65. The Morgan fingerprint density at radius 3 is 2.71 bits per heavy atom. The highest BCUT2D eigenvalue weighted by atomic mass is 19.1. The van der Waals surface area contributed by atoms with Gasteiger partial charge in [0.25, 0.3) is 0 Å². The molecule has 0 aliphatic rings. The van der Waals surface area contributed by atoms with Crippen molar-refractivity contribution in [1.82, 2.24) is 5.32 Å². The van der Waals surface area contributed by atoms with E-state index < -0.39 is 0 Å². The molecule has 0 spiro atoms. The highest BCUT2D eigenvalue weighted by Gasteiger charge is 2.06. The lowest BCUT2D eigenvalue weighted by Crippen LogP contribution is -2.31. The SMILES string of the molecule is COCC(CNCc1ccc(C)c(F)c1)OC. The summed E-state index contributed by atoms with van der Waals surface area (Å²) in [7, 11) is 3.29. The van der Waals surface area contributed by atoms with Gasteiger partial charge in [0.1, 0.15) is 5.82 Å². The first-order valence-corrected chi connectivity index (χ1v) is 5.65. The molecule has 1 aromatic carbocycles. The summed E-state index contributed by atoms with van der Waals surface area (Å²) in [6.45, 7) is 3.61. The van der Waals surface area contributed by atoms with Crippen LogP contribution in [0.1, 0.15) is 11.1 Å². The summed E-state index contributed by atoms with van der Waals surface area (Å²) in [6.07, 6.45) is 0.0234. The molecule has 0 saturated heterocycles. The number of halogens is 1. The van der Waals surface area contributed by atoms with Gasteiger partial charge in [0.15, 0.2) is 0 Å². The van der Waals surface area contributed by atoms with E-state index in [0.29, 0.717) is 25.3 Å². The molecule has 0 fully saturated rings. The average Bonchev–Trinajstić information content (AvgIpc) is 2.32. The second-order valence-electron chi connectivity index (χ2n) is 4.03. The van der Waals surface area contributed by atoms with Crippen molar-refractivity contribution in [2.45, 2.75) is 19.6 Å². The Bertz CT molecular complexity index is 344. The summed E-state index contributed by atoms with van der Waals surface area (Å²) < 4.78 is 23.5. The minimum absolute atomic E-state index is 0.0234. The summed E-state index contributed by atoms with van der Waals surface area (Å²) in [6, 6.07) is 5.26. The molecule has 1 unspecified atom stereocenters. The van der Waals surface area contributed by atoms with Crippen molar-refractivity contribution < 1.29 is 13.9 Å². The highest BCUT2D eigenvalue weighted by Crippen LogP contribution is 2.08. The molecule has 4 heteroatoms. The lowest BCUT2D eigenvalue weighted by atomic mass is 10.1. The normalized spacial score (nSPS) is 12.7. The largest absolute Gasteiger partial charge is 0.382 e. The van der Waals surface area contributed by atoms with Gasteiger partial charge in [-0.2, -0.15) is 0 Å². The van der Waals surface area contributed by atoms with Crippen LogP contribution in [0.15, 0.2) is 18.2 Å². The zero-order valence-electron chi connectivity index (χ0n) is 10.6. The van der Waals surface area contributed by atoms with Crippen molar-refractivity contribution in [2.75, 3.05) is 27.4 Å². The van der Waals surface area contributed by atoms with Crippen molar-refractivity contribution in [3.8, 4) is 0 Å². The number of benzene rings is 1. The van der Waals surface area contributed by atoms with Crippen LogP contribution in [-0.4, -0.2) is 33.5 Å². The van der Waals surface area contributed by atoms with Gasteiger partial charge >= 0.3 is 0 Å². The number of aryl methyl sites for hydroxylation is 1. The molecule has 0 aliphatic heterocycles. The minimum Gasteiger partial charge on any atom is -0.382 e. The van der Waals surface area contributed by atoms with Crippen LogP contribution in [-0.2, 0) is 16.0 Å². The summed E-state index contributed by atoms with van der Waals surface area (Å²) in [5, 5.41) is 3.21. The number of ether oxygens (including phenoxy) is 2. The van der Waals surface area contributed by atoms with E-state index >= 15 is 0 Å². The van der Waals surface area contributed by atoms with Crippen LogP contribution < -0.4 is 5.32 Å². The molecule has 0 saturated carbocycles. The molecule has 0 bridgehead atoms. The minimum atomic E-state index is -0.163. The molecule has 1 atom stereocenters. The van der Waals surface area contributed by atoms with Crippen LogP contribution in [0, 0.1) is 12.7 Å². The molecule has 1 rings (SSSR count). The van der Waals surface area contributed by atoms with E-state index in [-0.39, 0.29) is 11.9 Å². The van der Waals surface area contributed by atoms with E-state index in [1.54, 1.807) is 33.3 Å². The van der Waals surface area contributed by atoms with Crippen molar-refractivity contribution in [3.05, 3.63) is 35.1 Å². The highest BCUT2D eigenvalue weighted by molar-refractivity contribution is 5.23. The summed E-state index contributed by atoms with van der Waals surface area (Å²) in [5.41, 5.74) is 1.60. The van der Waals surface area contributed by atoms with E-state index in [1.807, 2.05) is 6.07 Å². The average molecular weight is 241 g/mol. The maximum absolute atomic E-state index is 13.3. The van der Waals surface area contributed by atoms with Crippen molar-refractivity contribution in [1.29, 1.82) is 0 Å². The van der Waals surface area contributed by atoms with Crippen LogP contribution in [0.3, 0.4) is 0 Å². The van der Waals surface area contributed by atoms with Gasteiger partial charge in [-0.15, -0.1) is 0 Å². The fourth-order valence-electron chi connectivity index (χ4n) is 1.52. The molecular weight excluding hydrogens is 221 g/mol. The number of hydrogen-bond donors (Lipinski definition) is 1. The van der Waals surface area contributed by atoms with E-state index in [0.717, 1.165) is 5.56 Å². The Labute approximate surface area is 102 Å². The van der Waals surface area contributed by atoms with Crippen molar-refractivity contribution in [3.63, 3.8) is 0 Å². The van der Waals surface area contributed by atoms with Crippen LogP contribution in [0.5, 0.6) is 0 Å². The molecule has 0 aliphatic carbocycles. The van der Waals surface area contributed by atoms with Crippen LogP contribution in [0.25, 0.3) is 0 Å². The smallest absolute Gasteiger partial charge is 0.126 e. The second kappa shape index (κ2) is 7.37. The molecule has 1 N–H and O–H groups in total. The summed E-state index contributed by atoms with van der Waals surface area (Å²) in [5.74, 6) is -0.163. The number of nitrogens with one attached hydrogen (secondary N) is 1. The van der Waals surface area contributed by atoms with Gasteiger partial charge in [0, 0.05) is 27.3 Å². The monoisotopic (exact) mass is 241 g/mol. The Hall–Kier alpha value is -0.970. The third-order valence-electron chi connectivity index (χ3n) is 2.62. The predicted octanol–water partition coefficient (Wildman–Crippen LogP) is 1.89. The fourth-order valence-corrected chi connectivity index (χ4v) is 1.52. The van der Waals surface area contributed by atoms with Gasteiger partial charge < -0.3 is 14.8 Å². The van der Waals surface area contributed by atoms with Crippen molar-refractivity contribution in [2.24, 2.45) is 0 Å². The topological polar surface area (TPSA) is 30.5 Å². The van der Waals surface area contributed by atoms with Gasteiger partial charge in [0.2, 0.25) is 0 Å². The van der Waals surface area contributed by atoms with E-state index in [1.165, 1.54) is 0 Å². The third-order valence-corrected chi connectivity index (χ3v) is 2.62. The molecule has 3 nitrogen and oxygen atoms in total. The molecule has 17 heavy (non-hydrogen) atoms. The molecule has 0 heterocycles. The molecule has 0 amide bonds. The summed E-state index contributed by atoms with van der Waals surface area (Å²) in [4.78, 5) is 0. The van der Waals surface area contributed by atoms with E-state index in [9.17, 15) is 4.39 Å². The lowest BCUT2D eigenvalue weighted by molar-refractivity contribution is 0.0288. The van der Waals surface area contributed by atoms with Crippen LogP contribution in [0.2, 0.25) is 0 Å². The van der Waals surface area contributed by atoms with Gasteiger partial charge in [-0.1, -0.05) is 12.1 Å². The lowest BCUT2D eigenvalue weighted by Gasteiger charge is -2.15. The molecular formula is C13H20FNO2. The number of methoxy groups -OCH3 is 2. The predicted molar refractivity (Wildman–Crippen MR) is 65.5 cm³/mol. The molecule has 0 aromatic heterocycles. The summed E-state index contributed by atoms with van der Waals surface area (Å²) >= 11 is 0. The molecule has 1 aromatic rings. The van der Waals surface area contributed by atoms with E-state index in [2.05, 4.69) is 5.32 Å². The molecule has 96 valence electrons. The number of hydrogen-bond acceptors (Lipinski definition) is 3. The van der Waals surface area contributed by atoms with Gasteiger partial charge in [-0.3, -0.25) is 0 Å². The Morgan fingerprint density at radius 1 is 1.35 bits per heavy atom. The standard InChI is InChI=1S/C13H20FNO2/c1-10-4-5-11(6-13(10)14)7-15-8-12(17-3)9-16-2/h4-6,12,15H,7-9H2,1-3H3.